The van der Waals surface area contributed by atoms with E-state index in [2.05, 4.69) is 15.9 Å². The fraction of sp³-hybridized carbons (Fsp3) is 0.353. The number of para-hydroxylation sites is 1. The smallest absolute Gasteiger partial charge is 0.261 e. The number of hydrogen-bond acceptors (Lipinski definition) is 5. The molecule has 25 heavy (non-hydrogen) atoms. The van der Waals surface area contributed by atoms with Gasteiger partial charge in [0.05, 0.1) is 22.5 Å². The first kappa shape index (κ1) is 18.4. The first-order valence-corrected chi connectivity index (χ1v) is 11.3. The maximum Gasteiger partial charge on any atom is 0.261 e. The second-order valence-electron chi connectivity index (χ2n) is 5.88. The van der Waals surface area contributed by atoms with E-state index in [1.807, 2.05) is 35.7 Å². The summed E-state index contributed by atoms with van der Waals surface area (Å²) in [5.74, 6) is 0.549. The lowest BCUT2D eigenvalue weighted by molar-refractivity contribution is -0.135. The van der Waals surface area contributed by atoms with E-state index in [1.165, 1.54) is 0 Å². The molecule has 1 amide bonds. The minimum atomic E-state index is -3.07. The van der Waals surface area contributed by atoms with E-state index < -0.39 is 9.84 Å². The van der Waals surface area contributed by atoms with Crippen LogP contribution in [0.1, 0.15) is 11.3 Å². The third-order valence-corrected chi connectivity index (χ3v) is 7.33. The summed E-state index contributed by atoms with van der Waals surface area (Å²) >= 11 is 4.94. The molecule has 1 fully saturated rings. The number of hydrogen-bond donors (Lipinski definition) is 0. The van der Waals surface area contributed by atoms with Gasteiger partial charge in [-0.1, -0.05) is 18.2 Å². The van der Waals surface area contributed by atoms with Crippen LogP contribution in [-0.4, -0.2) is 43.4 Å². The molecule has 0 bridgehead atoms. The van der Waals surface area contributed by atoms with E-state index in [1.54, 1.807) is 22.3 Å². The lowest BCUT2D eigenvalue weighted by Gasteiger charge is -2.28. The minimum Gasteiger partial charge on any atom is -0.483 e. The van der Waals surface area contributed by atoms with Crippen LogP contribution in [-0.2, 0) is 21.2 Å². The van der Waals surface area contributed by atoms with Gasteiger partial charge >= 0.3 is 0 Å². The second-order valence-corrected chi connectivity index (χ2v) is 9.99. The Morgan fingerprint density at radius 1 is 1.28 bits per heavy atom. The number of thiophene rings is 1. The molecule has 134 valence electrons. The van der Waals surface area contributed by atoms with E-state index in [4.69, 9.17) is 4.74 Å². The maximum absolute atomic E-state index is 12.7. The van der Waals surface area contributed by atoms with Crippen LogP contribution < -0.4 is 4.74 Å². The van der Waals surface area contributed by atoms with Crippen LogP contribution in [0.2, 0.25) is 0 Å². The molecular weight excluding hydrogens is 426 g/mol. The molecule has 1 saturated heterocycles. The van der Waals surface area contributed by atoms with Crippen molar-refractivity contribution in [2.45, 2.75) is 19.0 Å². The second kappa shape index (κ2) is 7.88. The van der Waals surface area contributed by atoms with Crippen molar-refractivity contribution in [1.82, 2.24) is 4.90 Å². The Morgan fingerprint density at radius 3 is 2.72 bits per heavy atom. The molecule has 1 aliphatic rings. The number of sulfone groups is 1. The topological polar surface area (TPSA) is 63.7 Å². The molecule has 1 aliphatic heterocycles. The van der Waals surface area contributed by atoms with Gasteiger partial charge in [-0.25, -0.2) is 8.42 Å². The molecule has 1 atom stereocenters. The Bertz CT molecular complexity index is 836. The van der Waals surface area contributed by atoms with Gasteiger partial charge in [0.15, 0.2) is 16.4 Å². The fourth-order valence-corrected chi connectivity index (χ4v) is 5.63. The summed E-state index contributed by atoms with van der Waals surface area (Å²) in [4.78, 5) is 15.4. The van der Waals surface area contributed by atoms with Gasteiger partial charge < -0.3 is 9.64 Å². The van der Waals surface area contributed by atoms with Gasteiger partial charge in [-0.2, -0.15) is 0 Å². The summed E-state index contributed by atoms with van der Waals surface area (Å²) in [6.45, 7) is 0.292. The molecule has 5 nitrogen and oxygen atoms in total. The van der Waals surface area contributed by atoms with Crippen LogP contribution in [0.25, 0.3) is 0 Å². The molecule has 8 heteroatoms. The normalized spacial score (nSPS) is 18.8. The predicted octanol–water partition coefficient (Wildman–Crippen LogP) is 3.11. The van der Waals surface area contributed by atoms with Gasteiger partial charge in [0.2, 0.25) is 0 Å². The van der Waals surface area contributed by atoms with Crippen LogP contribution in [0.4, 0.5) is 0 Å². The molecule has 1 aromatic heterocycles. The average molecular weight is 444 g/mol. The lowest BCUT2D eigenvalue weighted by Crippen LogP contribution is -2.42. The highest BCUT2D eigenvalue weighted by molar-refractivity contribution is 9.10. The molecule has 0 saturated carbocycles. The first-order chi connectivity index (χ1) is 11.9. The Balaban J connectivity index is 1.71. The monoisotopic (exact) mass is 443 g/mol. The highest BCUT2D eigenvalue weighted by atomic mass is 79.9. The Morgan fingerprint density at radius 2 is 2.08 bits per heavy atom. The Kier molecular flexibility index (Phi) is 5.81. The fourth-order valence-electron chi connectivity index (χ4n) is 2.80. The van der Waals surface area contributed by atoms with Crippen molar-refractivity contribution < 1.29 is 17.9 Å². The number of amides is 1. The number of benzene rings is 1. The summed E-state index contributed by atoms with van der Waals surface area (Å²) in [6, 6.07) is 10.9. The van der Waals surface area contributed by atoms with Crippen LogP contribution >= 0.6 is 27.3 Å². The molecular formula is C17H18BrNO4S2. The zero-order chi connectivity index (χ0) is 17.9. The molecule has 0 spiro atoms. The van der Waals surface area contributed by atoms with Crippen molar-refractivity contribution in [2.75, 3.05) is 18.1 Å². The molecule has 1 aromatic carbocycles. The van der Waals surface area contributed by atoms with Crippen LogP contribution in [0.15, 0.2) is 46.3 Å². The lowest BCUT2D eigenvalue weighted by atomic mass is 10.2. The number of rotatable bonds is 6. The highest BCUT2D eigenvalue weighted by Crippen LogP contribution is 2.25. The summed E-state index contributed by atoms with van der Waals surface area (Å²) in [5.41, 5.74) is 0. The number of carbonyl (C=O) groups excluding carboxylic acids is 1. The van der Waals surface area contributed by atoms with Crippen LogP contribution in [0.3, 0.4) is 0 Å². The van der Waals surface area contributed by atoms with Gasteiger partial charge in [-0.05, 0) is 45.9 Å². The van der Waals surface area contributed by atoms with E-state index in [9.17, 15) is 13.2 Å². The molecule has 0 radical (unpaired) electrons. The third-order valence-electron chi connectivity index (χ3n) is 4.06. The molecule has 0 aliphatic carbocycles. The highest BCUT2D eigenvalue weighted by Gasteiger charge is 2.35. The van der Waals surface area contributed by atoms with Gasteiger partial charge in [0.25, 0.3) is 5.91 Å². The standard InChI is InChI=1S/C17H18BrNO4S2/c18-15-5-1-2-6-16(15)23-11-17(20)19(10-14-4-3-8-24-14)13-7-9-25(21,22)12-13/h1-6,8,13H,7,9-12H2. The summed E-state index contributed by atoms with van der Waals surface area (Å²) in [6.07, 6.45) is 0.481. The number of carbonyl (C=O) groups is 1. The SMILES string of the molecule is O=C(COc1ccccc1Br)N(Cc1cccs1)C1CCS(=O)(=O)C1. The minimum absolute atomic E-state index is 0.0269. The van der Waals surface area contributed by atoms with Gasteiger partial charge in [0.1, 0.15) is 5.75 Å². The maximum atomic E-state index is 12.7. The Labute approximate surface area is 159 Å². The van der Waals surface area contributed by atoms with Crippen LogP contribution in [0, 0.1) is 0 Å². The molecule has 1 unspecified atom stereocenters. The average Bonchev–Trinajstić information content (AvgIpc) is 3.20. The number of halogens is 1. The molecule has 2 aromatic rings. The van der Waals surface area contributed by atoms with E-state index in [0.29, 0.717) is 18.7 Å². The summed E-state index contributed by atoms with van der Waals surface area (Å²) in [7, 11) is -3.07. The van der Waals surface area contributed by atoms with Crippen molar-refractivity contribution in [2.24, 2.45) is 0 Å². The van der Waals surface area contributed by atoms with Gasteiger partial charge in [-0.15, -0.1) is 11.3 Å². The van der Waals surface area contributed by atoms with Crippen molar-refractivity contribution in [1.29, 1.82) is 0 Å². The van der Waals surface area contributed by atoms with E-state index >= 15 is 0 Å². The molecule has 3 rings (SSSR count). The first-order valence-electron chi connectivity index (χ1n) is 7.84. The van der Waals surface area contributed by atoms with Crippen molar-refractivity contribution in [3.8, 4) is 5.75 Å². The number of ether oxygens (including phenoxy) is 1. The largest absolute Gasteiger partial charge is 0.483 e. The van der Waals surface area contributed by atoms with Crippen molar-refractivity contribution in [3.63, 3.8) is 0 Å². The quantitative estimate of drug-likeness (QED) is 0.687. The third kappa shape index (κ3) is 4.83. The zero-order valence-corrected chi connectivity index (χ0v) is 16.6. The Hall–Kier alpha value is -1.38. The molecule has 0 N–H and O–H groups in total. The predicted molar refractivity (Wildman–Crippen MR) is 102 cm³/mol. The van der Waals surface area contributed by atoms with E-state index in [0.717, 1.165) is 9.35 Å². The van der Waals surface area contributed by atoms with Crippen LogP contribution in [0.5, 0.6) is 5.75 Å². The van der Waals surface area contributed by atoms with E-state index in [-0.39, 0.29) is 30.1 Å². The van der Waals surface area contributed by atoms with Crippen molar-refractivity contribution in [3.05, 3.63) is 51.1 Å². The number of nitrogens with zero attached hydrogens (tertiary/aromatic N) is 1. The van der Waals surface area contributed by atoms with Gasteiger partial charge in [0, 0.05) is 10.9 Å². The summed E-state index contributed by atoms with van der Waals surface area (Å²) in [5, 5.41) is 1.95. The van der Waals surface area contributed by atoms with Crippen molar-refractivity contribution >= 4 is 43.0 Å². The zero-order valence-electron chi connectivity index (χ0n) is 13.4. The van der Waals surface area contributed by atoms with Gasteiger partial charge in [-0.3, -0.25) is 4.79 Å². The molecule has 2 heterocycles. The summed E-state index contributed by atoms with van der Waals surface area (Å²) < 4.78 is 30.0.